The Balaban J connectivity index is 1.36. The number of pyridine rings is 2. The van der Waals surface area contributed by atoms with E-state index < -0.39 is 0 Å². The second-order valence-electron chi connectivity index (χ2n) is 12.1. The molecular weight excluding hydrogens is 526 g/mol. The lowest BCUT2D eigenvalue weighted by atomic mass is 10.0. The monoisotopic (exact) mass is 567 g/mol. The molecule has 2 saturated heterocycles. The first-order valence-electron chi connectivity index (χ1n) is 15.1. The van der Waals surface area contributed by atoms with Crippen molar-refractivity contribution in [3.8, 4) is 0 Å². The lowest BCUT2D eigenvalue weighted by molar-refractivity contribution is 0.158. The number of aliphatic hydroxyl groups excluding tert-OH is 1. The molecular formula is C33H41N7O2. The van der Waals surface area contributed by atoms with E-state index in [1.807, 2.05) is 37.5 Å². The Kier molecular flexibility index (Phi) is 8.22. The molecule has 42 heavy (non-hydrogen) atoms. The molecule has 2 unspecified atom stereocenters. The van der Waals surface area contributed by atoms with Gasteiger partial charge in [-0.1, -0.05) is 0 Å². The molecule has 0 saturated carbocycles. The number of piperidine rings is 1. The van der Waals surface area contributed by atoms with Crippen molar-refractivity contribution in [2.24, 2.45) is 0 Å². The predicted molar refractivity (Wildman–Crippen MR) is 167 cm³/mol. The third kappa shape index (κ3) is 6.03. The van der Waals surface area contributed by atoms with Crippen molar-refractivity contribution in [3.05, 3.63) is 88.2 Å². The fraction of sp³-hybridized carbons (Fsp3) is 0.455. The van der Waals surface area contributed by atoms with Crippen molar-refractivity contribution in [1.82, 2.24) is 24.6 Å². The highest BCUT2D eigenvalue weighted by atomic mass is 16.3. The summed E-state index contributed by atoms with van der Waals surface area (Å²) in [5.41, 5.74) is 6.20. The maximum Gasteiger partial charge on any atom is 0.193 e. The standard InChI is InChI=1S/C33H41N7O2/c1-23(2)40-20-26(33(42)31-7-6-27(16-32(31)40)38-14-10-30(41)22-38)19-39(18-25-8-11-34-24(3)15-25)29-5-4-13-37(21-29)28-9-12-35-36-17-28/h6-9,11-12,15-17,20,23,29-30,41H,4-5,10,13-14,18-19,21-22H2,1-3H3. The molecule has 0 aliphatic carbocycles. The highest BCUT2D eigenvalue weighted by molar-refractivity contribution is 5.83. The Morgan fingerprint density at radius 3 is 2.57 bits per heavy atom. The molecule has 220 valence electrons. The molecule has 1 N–H and O–H groups in total. The van der Waals surface area contributed by atoms with Crippen molar-refractivity contribution < 1.29 is 5.11 Å². The van der Waals surface area contributed by atoms with E-state index in [0.29, 0.717) is 13.1 Å². The zero-order chi connectivity index (χ0) is 29.2. The number of aromatic nitrogens is 4. The molecule has 0 bridgehead atoms. The van der Waals surface area contributed by atoms with Gasteiger partial charge in [0.05, 0.1) is 29.7 Å². The van der Waals surface area contributed by atoms with Gasteiger partial charge in [-0.05, 0) is 82.0 Å². The van der Waals surface area contributed by atoms with Crippen LogP contribution in [0.15, 0.2) is 66.0 Å². The summed E-state index contributed by atoms with van der Waals surface area (Å²) in [4.78, 5) is 25.5. The minimum Gasteiger partial charge on any atom is -0.391 e. The fourth-order valence-corrected chi connectivity index (χ4v) is 6.54. The second kappa shape index (κ2) is 12.2. The number of hydrogen-bond acceptors (Lipinski definition) is 8. The molecule has 2 aliphatic rings. The summed E-state index contributed by atoms with van der Waals surface area (Å²) < 4.78 is 2.24. The van der Waals surface area contributed by atoms with Gasteiger partial charge in [-0.3, -0.25) is 14.7 Å². The molecule has 2 atom stereocenters. The SMILES string of the molecule is Cc1cc(CN(Cc2cn(C(C)C)c3cc(N4CCC(O)C4)ccc3c2=O)C2CCCN(c3ccnnc3)C2)ccn1. The Morgan fingerprint density at radius 1 is 0.976 bits per heavy atom. The van der Waals surface area contributed by atoms with Crippen LogP contribution in [0, 0.1) is 6.92 Å². The van der Waals surface area contributed by atoms with Crippen LogP contribution in [0.5, 0.6) is 0 Å². The van der Waals surface area contributed by atoms with E-state index in [9.17, 15) is 9.90 Å². The average molecular weight is 568 g/mol. The van der Waals surface area contributed by atoms with Crippen LogP contribution >= 0.6 is 0 Å². The van der Waals surface area contributed by atoms with E-state index in [2.05, 4.69) is 72.7 Å². The van der Waals surface area contributed by atoms with Crippen LogP contribution in [-0.2, 0) is 13.1 Å². The van der Waals surface area contributed by atoms with Gasteiger partial charge in [0.25, 0.3) is 0 Å². The molecule has 2 fully saturated rings. The normalized spacial score (nSPS) is 19.4. The van der Waals surface area contributed by atoms with Crippen molar-refractivity contribution in [1.29, 1.82) is 0 Å². The molecule has 9 nitrogen and oxygen atoms in total. The number of nitrogens with zero attached hydrogens (tertiary/aromatic N) is 7. The van der Waals surface area contributed by atoms with E-state index in [1.165, 1.54) is 5.56 Å². The minimum atomic E-state index is -0.295. The number of anilines is 2. The van der Waals surface area contributed by atoms with Crippen molar-refractivity contribution >= 4 is 22.3 Å². The first-order chi connectivity index (χ1) is 20.4. The molecule has 5 heterocycles. The first-order valence-corrected chi connectivity index (χ1v) is 15.1. The molecule has 0 amide bonds. The Bertz CT molecular complexity index is 1590. The van der Waals surface area contributed by atoms with Gasteiger partial charge in [0, 0.05) is 86.1 Å². The van der Waals surface area contributed by atoms with E-state index in [4.69, 9.17) is 0 Å². The van der Waals surface area contributed by atoms with Crippen molar-refractivity contribution in [3.63, 3.8) is 0 Å². The zero-order valence-electron chi connectivity index (χ0n) is 24.9. The number of rotatable bonds is 8. The van der Waals surface area contributed by atoms with E-state index in [-0.39, 0.29) is 23.6 Å². The van der Waals surface area contributed by atoms with Crippen LogP contribution in [0.25, 0.3) is 10.9 Å². The summed E-state index contributed by atoms with van der Waals surface area (Å²) in [6, 6.07) is 12.8. The average Bonchev–Trinajstić information content (AvgIpc) is 3.44. The molecule has 4 aromatic rings. The number of fused-ring (bicyclic) bond motifs is 1. The number of β-amino-alcohol motifs (C(OH)–C–C–N with tert-alkyl or cyclic N) is 1. The summed E-state index contributed by atoms with van der Waals surface area (Å²) in [6.07, 6.45) is 10.1. The zero-order valence-corrected chi connectivity index (χ0v) is 24.9. The number of aryl methyl sites for hydroxylation is 1. The topological polar surface area (TPSA) is 90.6 Å². The third-order valence-corrected chi connectivity index (χ3v) is 8.74. The Morgan fingerprint density at radius 2 is 1.83 bits per heavy atom. The molecule has 3 aromatic heterocycles. The summed E-state index contributed by atoms with van der Waals surface area (Å²) >= 11 is 0. The maximum atomic E-state index is 14.1. The third-order valence-electron chi connectivity index (χ3n) is 8.74. The van der Waals surface area contributed by atoms with Gasteiger partial charge < -0.3 is 19.5 Å². The van der Waals surface area contributed by atoms with E-state index in [0.717, 1.165) is 79.0 Å². The van der Waals surface area contributed by atoms with Crippen LogP contribution in [0.3, 0.4) is 0 Å². The summed E-state index contributed by atoms with van der Waals surface area (Å²) in [7, 11) is 0. The van der Waals surface area contributed by atoms with Crippen LogP contribution in [-0.4, -0.2) is 68.1 Å². The van der Waals surface area contributed by atoms with Crippen LogP contribution in [0.4, 0.5) is 11.4 Å². The lowest BCUT2D eigenvalue weighted by Gasteiger charge is -2.40. The van der Waals surface area contributed by atoms with Gasteiger partial charge in [0.2, 0.25) is 0 Å². The van der Waals surface area contributed by atoms with Gasteiger partial charge in [0.1, 0.15) is 0 Å². The summed E-state index contributed by atoms with van der Waals surface area (Å²) in [5.74, 6) is 0. The minimum absolute atomic E-state index is 0.0943. The smallest absolute Gasteiger partial charge is 0.193 e. The van der Waals surface area contributed by atoms with Gasteiger partial charge in [-0.15, -0.1) is 0 Å². The van der Waals surface area contributed by atoms with Crippen LogP contribution < -0.4 is 15.2 Å². The lowest BCUT2D eigenvalue weighted by Crippen LogP contribution is -2.48. The first kappa shape index (κ1) is 28.3. The van der Waals surface area contributed by atoms with Gasteiger partial charge in [-0.2, -0.15) is 10.2 Å². The summed E-state index contributed by atoms with van der Waals surface area (Å²) in [6.45, 7) is 11.0. The number of benzene rings is 1. The molecule has 0 spiro atoms. The fourth-order valence-electron chi connectivity index (χ4n) is 6.54. The molecule has 1 aromatic carbocycles. The number of aliphatic hydroxyl groups is 1. The van der Waals surface area contributed by atoms with Crippen LogP contribution in [0.2, 0.25) is 0 Å². The highest BCUT2D eigenvalue weighted by Gasteiger charge is 2.28. The van der Waals surface area contributed by atoms with E-state index >= 15 is 0 Å². The molecule has 6 rings (SSSR count). The van der Waals surface area contributed by atoms with E-state index in [1.54, 1.807) is 6.20 Å². The highest BCUT2D eigenvalue weighted by Crippen LogP contribution is 2.28. The maximum absolute atomic E-state index is 14.1. The quantitative estimate of drug-likeness (QED) is 0.337. The van der Waals surface area contributed by atoms with Gasteiger partial charge in [0.15, 0.2) is 5.43 Å². The van der Waals surface area contributed by atoms with Gasteiger partial charge in [-0.25, -0.2) is 0 Å². The second-order valence-corrected chi connectivity index (χ2v) is 12.1. The molecule has 9 heteroatoms. The summed E-state index contributed by atoms with van der Waals surface area (Å²) in [5, 5.41) is 18.9. The Hall–Kier alpha value is -3.82. The van der Waals surface area contributed by atoms with Crippen molar-refractivity contribution in [2.45, 2.75) is 71.3 Å². The molecule has 0 radical (unpaired) electrons. The predicted octanol–water partition coefficient (Wildman–Crippen LogP) is 4.32. The number of hydrogen-bond donors (Lipinski definition) is 1. The van der Waals surface area contributed by atoms with Crippen LogP contribution in [0.1, 0.15) is 56.0 Å². The van der Waals surface area contributed by atoms with Crippen molar-refractivity contribution in [2.75, 3.05) is 36.0 Å². The Labute approximate surface area is 247 Å². The molecule has 2 aliphatic heterocycles. The van der Waals surface area contributed by atoms with Gasteiger partial charge >= 0.3 is 0 Å². The largest absolute Gasteiger partial charge is 0.391 e.